The number of aromatic nitrogens is 5. The first kappa shape index (κ1) is 24.6. The highest BCUT2D eigenvalue weighted by Gasteiger charge is 2.18. The molecule has 0 bridgehead atoms. The highest BCUT2D eigenvalue weighted by Crippen LogP contribution is 2.30. The highest BCUT2D eigenvalue weighted by atomic mass is 35.5. The van der Waals surface area contributed by atoms with Gasteiger partial charge in [-0.15, -0.1) is 34.5 Å². The Hall–Kier alpha value is -3.48. The Morgan fingerprint density at radius 2 is 1.91 bits per heavy atom. The van der Waals surface area contributed by atoms with Gasteiger partial charge in [0.05, 0.1) is 52.6 Å². The topological polar surface area (TPSA) is 133 Å². The summed E-state index contributed by atoms with van der Waals surface area (Å²) < 4.78 is 8.23. The number of thiazole rings is 1. The SMILES string of the molecule is Cc1ncc(NC(=O)CCl)cc1NC(=O)c1cnn2cc(-c3cnn(CCOC(=O)CCl)c3)sc12. The maximum atomic E-state index is 13.0. The molecule has 0 aromatic carbocycles. The second-order valence-electron chi connectivity index (χ2n) is 7.24. The van der Waals surface area contributed by atoms with Crippen molar-refractivity contribution in [2.24, 2.45) is 0 Å². The van der Waals surface area contributed by atoms with Crippen molar-refractivity contribution in [2.45, 2.75) is 13.5 Å². The van der Waals surface area contributed by atoms with E-state index in [1.807, 2.05) is 6.20 Å². The number of carbonyl (C=O) groups excluding carboxylic acids is 3. The van der Waals surface area contributed by atoms with E-state index >= 15 is 0 Å². The molecule has 0 radical (unpaired) electrons. The Kier molecular flexibility index (Phi) is 7.63. The second-order valence-corrected chi connectivity index (χ2v) is 8.81. The average Bonchev–Trinajstić information content (AvgIpc) is 3.56. The van der Waals surface area contributed by atoms with E-state index in [0.29, 0.717) is 34.0 Å². The second kappa shape index (κ2) is 10.8. The number of alkyl halides is 2. The van der Waals surface area contributed by atoms with Gasteiger partial charge in [0, 0.05) is 18.0 Å². The van der Waals surface area contributed by atoms with Crippen molar-refractivity contribution in [3.63, 3.8) is 0 Å². The molecule has 0 aliphatic heterocycles. The molecule has 0 saturated carbocycles. The van der Waals surface area contributed by atoms with E-state index in [1.54, 1.807) is 34.6 Å². The molecule has 0 fully saturated rings. The van der Waals surface area contributed by atoms with Gasteiger partial charge in [-0.3, -0.25) is 24.0 Å². The molecule has 0 spiro atoms. The molecule has 2 amide bonds. The van der Waals surface area contributed by atoms with E-state index in [1.165, 1.54) is 23.7 Å². The summed E-state index contributed by atoms with van der Waals surface area (Å²) in [5, 5.41) is 14.0. The zero-order chi connectivity index (χ0) is 24.9. The number of aryl methyl sites for hydroxylation is 1. The summed E-state index contributed by atoms with van der Waals surface area (Å²) in [6.07, 6.45) is 8.28. The number of carbonyl (C=O) groups is 3. The Morgan fingerprint density at radius 3 is 2.69 bits per heavy atom. The molecular weight excluding hydrogens is 517 g/mol. The first-order valence-electron chi connectivity index (χ1n) is 10.2. The van der Waals surface area contributed by atoms with Gasteiger partial charge >= 0.3 is 5.97 Å². The predicted molar refractivity (Wildman–Crippen MR) is 132 cm³/mol. The third-order valence-electron chi connectivity index (χ3n) is 4.79. The summed E-state index contributed by atoms with van der Waals surface area (Å²) >= 11 is 12.3. The number of ether oxygens (including phenoxy) is 1. The Labute approximate surface area is 213 Å². The zero-order valence-electron chi connectivity index (χ0n) is 18.3. The fraction of sp³-hybridized carbons (Fsp3) is 0.238. The monoisotopic (exact) mass is 535 g/mol. The number of fused-ring (bicyclic) bond motifs is 1. The van der Waals surface area contributed by atoms with Gasteiger partial charge < -0.3 is 15.4 Å². The van der Waals surface area contributed by atoms with Crippen LogP contribution in [0.15, 0.2) is 37.1 Å². The number of amides is 2. The van der Waals surface area contributed by atoms with E-state index in [0.717, 1.165) is 10.4 Å². The molecule has 182 valence electrons. The number of hydrogen-bond donors (Lipinski definition) is 2. The van der Waals surface area contributed by atoms with Gasteiger partial charge in [-0.05, 0) is 13.0 Å². The standard InChI is InChI=1S/C21H19Cl2N7O4S/c1-12-16(4-14(8-24-12)27-18(31)5-22)28-20(33)15-9-26-30-11-17(35-21(15)30)13-7-25-29(10-13)2-3-34-19(32)6-23/h4,7-11H,2-3,5-6H2,1H3,(H,27,31)(H,28,33). The number of anilines is 2. The molecule has 4 aromatic heterocycles. The number of nitrogens with zero attached hydrogens (tertiary/aromatic N) is 5. The fourth-order valence-electron chi connectivity index (χ4n) is 3.09. The number of esters is 1. The molecule has 35 heavy (non-hydrogen) atoms. The molecule has 14 heteroatoms. The van der Waals surface area contributed by atoms with E-state index < -0.39 is 5.97 Å². The molecule has 4 heterocycles. The number of pyridine rings is 1. The predicted octanol–water partition coefficient (Wildman–Crippen LogP) is 3.17. The number of rotatable bonds is 9. The van der Waals surface area contributed by atoms with Crippen LogP contribution in [0.1, 0.15) is 16.1 Å². The zero-order valence-corrected chi connectivity index (χ0v) is 20.7. The number of halogens is 2. The minimum atomic E-state index is -0.484. The third-order valence-corrected chi connectivity index (χ3v) is 6.41. The van der Waals surface area contributed by atoms with Gasteiger partial charge in [0.25, 0.3) is 5.91 Å². The molecule has 0 aliphatic carbocycles. The molecule has 0 aliphatic rings. The van der Waals surface area contributed by atoms with Crippen molar-refractivity contribution in [1.82, 2.24) is 24.4 Å². The highest BCUT2D eigenvalue weighted by molar-refractivity contribution is 7.21. The molecule has 2 N–H and O–H groups in total. The van der Waals surface area contributed by atoms with Gasteiger partial charge in [-0.2, -0.15) is 10.2 Å². The molecule has 4 aromatic rings. The van der Waals surface area contributed by atoms with Crippen LogP contribution in [-0.4, -0.2) is 60.5 Å². The normalized spacial score (nSPS) is 10.9. The quantitative estimate of drug-likeness (QED) is 0.248. The summed E-state index contributed by atoms with van der Waals surface area (Å²) in [6.45, 7) is 2.29. The van der Waals surface area contributed by atoms with Crippen molar-refractivity contribution in [3.05, 3.63) is 48.3 Å². The maximum absolute atomic E-state index is 13.0. The van der Waals surface area contributed by atoms with E-state index in [-0.39, 0.29) is 30.2 Å². The third kappa shape index (κ3) is 5.78. The Bertz CT molecular complexity index is 1400. The molecule has 0 unspecified atom stereocenters. The minimum Gasteiger partial charge on any atom is -0.463 e. The molecular formula is C21H19Cl2N7O4S. The van der Waals surface area contributed by atoms with E-state index in [2.05, 4.69) is 25.8 Å². The van der Waals surface area contributed by atoms with Gasteiger partial charge in [0.2, 0.25) is 5.91 Å². The lowest BCUT2D eigenvalue weighted by atomic mass is 10.2. The lowest BCUT2D eigenvalue weighted by molar-refractivity contribution is -0.140. The molecule has 4 rings (SSSR count). The lowest BCUT2D eigenvalue weighted by Crippen LogP contribution is -2.15. The molecule has 0 atom stereocenters. The number of nitrogens with one attached hydrogen (secondary N) is 2. The lowest BCUT2D eigenvalue weighted by Gasteiger charge is -2.10. The smallest absolute Gasteiger partial charge is 0.320 e. The van der Waals surface area contributed by atoms with Crippen LogP contribution in [0.25, 0.3) is 15.3 Å². The van der Waals surface area contributed by atoms with Crippen LogP contribution in [0, 0.1) is 6.92 Å². The van der Waals surface area contributed by atoms with E-state index in [4.69, 9.17) is 27.9 Å². The van der Waals surface area contributed by atoms with Crippen LogP contribution in [0.4, 0.5) is 11.4 Å². The van der Waals surface area contributed by atoms with E-state index in [9.17, 15) is 14.4 Å². The summed E-state index contributed by atoms with van der Waals surface area (Å²) in [4.78, 5) is 41.4. The van der Waals surface area contributed by atoms with Crippen LogP contribution in [0.2, 0.25) is 0 Å². The largest absolute Gasteiger partial charge is 0.463 e. The van der Waals surface area contributed by atoms with Crippen LogP contribution in [0.3, 0.4) is 0 Å². The summed E-state index contributed by atoms with van der Waals surface area (Å²) in [5.41, 5.74) is 2.68. The van der Waals surface area contributed by atoms with Crippen LogP contribution in [0.5, 0.6) is 0 Å². The molecule has 11 nitrogen and oxygen atoms in total. The summed E-state index contributed by atoms with van der Waals surface area (Å²) in [6, 6.07) is 1.62. The summed E-state index contributed by atoms with van der Waals surface area (Å²) in [7, 11) is 0. The van der Waals surface area contributed by atoms with Gasteiger partial charge in [-0.1, -0.05) is 0 Å². The van der Waals surface area contributed by atoms with Crippen molar-refractivity contribution in [3.8, 4) is 10.4 Å². The van der Waals surface area contributed by atoms with Crippen LogP contribution < -0.4 is 10.6 Å². The van der Waals surface area contributed by atoms with Crippen molar-refractivity contribution in [1.29, 1.82) is 0 Å². The summed E-state index contributed by atoms with van der Waals surface area (Å²) in [5.74, 6) is -1.61. The van der Waals surface area contributed by atoms with Crippen LogP contribution in [-0.2, 0) is 20.9 Å². The molecule has 0 saturated heterocycles. The first-order valence-corrected chi connectivity index (χ1v) is 12.1. The van der Waals surface area contributed by atoms with Gasteiger partial charge in [0.15, 0.2) is 0 Å². The Balaban J connectivity index is 1.49. The van der Waals surface area contributed by atoms with Crippen LogP contribution >= 0.6 is 34.5 Å². The minimum absolute atomic E-state index is 0.162. The van der Waals surface area contributed by atoms with Crippen molar-refractivity contribution >= 4 is 68.5 Å². The van der Waals surface area contributed by atoms with Crippen molar-refractivity contribution in [2.75, 3.05) is 29.0 Å². The maximum Gasteiger partial charge on any atom is 0.320 e. The fourth-order valence-corrected chi connectivity index (χ4v) is 4.27. The van der Waals surface area contributed by atoms with Crippen molar-refractivity contribution < 1.29 is 19.1 Å². The number of hydrogen-bond acceptors (Lipinski definition) is 8. The van der Waals surface area contributed by atoms with Gasteiger partial charge in [-0.25, -0.2) is 4.52 Å². The average molecular weight is 536 g/mol. The Morgan fingerprint density at radius 1 is 1.09 bits per heavy atom. The van der Waals surface area contributed by atoms with Gasteiger partial charge in [0.1, 0.15) is 23.2 Å². The first-order chi connectivity index (χ1) is 16.9.